The summed E-state index contributed by atoms with van der Waals surface area (Å²) < 4.78 is 0. The van der Waals surface area contributed by atoms with Crippen LogP contribution in [0.25, 0.3) is 0 Å². The van der Waals surface area contributed by atoms with Crippen molar-refractivity contribution in [2.24, 2.45) is 0 Å². The quantitative estimate of drug-likeness (QED) is 0.561. The Balaban J connectivity index is 1.97. The first kappa shape index (κ1) is 19.0. The number of hydrogen-bond acceptors (Lipinski definition) is 3. The lowest BCUT2D eigenvalue weighted by Gasteiger charge is -2.22. The van der Waals surface area contributed by atoms with E-state index in [0.29, 0.717) is 5.56 Å². The van der Waals surface area contributed by atoms with Gasteiger partial charge in [-0.25, -0.2) is 4.79 Å². The van der Waals surface area contributed by atoms with E-state index < -0.39 is 17.5 Å². The first-order valence-electron chi connectivity index (χ1n) is 8.87. The van der Waals surface area contributed by atoms with Gasteiger partial charge in [0, 0.05) is 6.04 Å². The van der Waals surface area contributed by atoms with Crippen LogP contribution >= 0.6 is 0 Å². The molecule has 1 aromatic carbocycles. The lowest BCUT2D eigenvalue weighted by molar-refractivity contribution is -0.135. The van der Waals surface area contributed by atoms with E-state index in [1.807, 2.05) is 25.1 Å². The Bertz CT molecular complexity index is 632. The number of hydrogen-bond donors (Lipinski definition) is 2. The number of benzene rings is 1. The molecule has 1 saturated heterocycles. The van der Waals surface area contributed by atoms with Gasteiger partial charge < -0.3 is 10.6 Å². The van der Waals surface area contributed by atoms with Crippen molar-refractivity contribution in [2.75, 3.05) is 6.54 Å². The maximum atomic E-state index is 12.7. The van der Waals surface area contributed by atoms with Gasteiger partial charge in [-0.1, -0.05) is 56.5 Å². The van der Waals surface area contributed by atoms with Gasteiger partial charge in [-0.05, 0) is 25.8 Å². The zero-order valence-electron chi connectivity index (χ0n) is 15.2. The number of amides is 4. The molecule has 0 saturated carbocycles. The molecule has 136 valence electrons. The molecule has 1 aliphatic rings. The minimum absolute atomic E-state index is 0.0281. The molecule has 1 aliphatic heterocycles. The second-order valence-corrected chi connectivity index (χ2v) is 6.78. The van der Waals surface area contributed by atoms with Gasteiger partial charge in [0.05, 0.1) is 0 Å². The highest BCUT2D eigenvalue weighted by atomic mass is 16.2. The van der Waals surface area contributed by atoms with E-state index in [2.05, 4.69) is 17.6 Å². The van der Waals surface area contributed by atoms with Gasteiger partial charge in [-0.3, -0.25) is 14.5 Å². The third kappa shape index (κ3) is 4.38. The molecule has 25 heavy (non-hydrogen) atoms. The van der Waals surface area contributed by atoms with Gasteiger partial charge in [0.15, 0.2) is 0 Å². The standard InChI is InChI=1S/C19H27N3O3/c1-4-5-7-10-14(2)20-16(23)13-22-17(24)19(3,21-18(22)25)15-11-8-6-9-12-15/h6,8-9,11-12,14H,4-5,7,10,13H2,1-3H3,(H,20,23)(H,21,25). The third-order valence-electron chi connectivity index (χ3n) is 4.58. The van der Waals surface area contributed by atoms with E-state index in [-0.39, 0.29) is 18.5 Å². The van der Waals surface area contributed by atoms with Crippen molar-refractivity contribution in [3.05, 3.63) is 35.9 Å². The topological polar surface area (TPSA) is 78.5 Å². The highest BCUT2D eigenvalue weighted by molar-refractivity contribution is 6.09. The number of carbonyl (C=O) groups excluding carboxylic acids is 3. The molecule has 6 nitrogen and oxygen atoms in total. The molecule has 2 unspecified atom stereocenters. The zero-order chi connectivity index (χ0) is 18.4. The average Bonchev–Trinajstić information content (AvgIpc) is 2.80. The number of nitrogens with one attached hydrogen (secondary N) is 2. The Morgan fingerprint density at radius 1 is 1.24 bits per heavy atom. The number of nitrogens with zero attached hydrogens (tertiary/aromatic N) is 1. The maximum absolute atomic E-state index is 12.7. The molecule has 4 amide bonds. The Morgan fingerprint density at radius 3 is 2.56 bits per heavy atom. The lowest BCUT2D eigenvalue weighted by Crippen LogP contribution is -2.45. The van der Waals surface area contributed by atoms with Gasteiger partial charge in [0.25, 0.3) is 5.91 Å². The zero-order valence-corrected chi connectivity index (χ0v) is 15.2. The summed E-state index contributed by atoms with van der Waals surface area (Å²) >= 11 is 0. The molecule has 6 heteroatoms. The van der Waals surface area contributed by atoms with Crippen LogP contribution in [0.2, 0.25) is 0 Å². The molecule has 0 radical (unpaired) electrons. The first-order valence-corrected chi connectivity index (χ1v) is 8.87. The fraction of sp³-hybridized carbons (Fsp3) is 0.526. The average molecular weight is 345 g/mol. The van der Waals surface area contributed by atoms with Crippen molar-refractivity contribution < 1.29 is 14.4 Å². The number of carbonyl (C=O) groups is 3. The van der Waals surface area contributed by atoms with Crippen molar-refractivity contribution in [3.8, 4) is 0 Å². The lowest BCUT2D eigenvalue weighted by atomic mass is 9.92. The Morgan fingerprint density at radius 2 is 1.92 bits per heavy atom. The normalized spacial score (nSPS) is 21.2. The summed E-state index contributed by atoms with van der Waals surface area (Å²) in [6, 6.07) is 8.54. The highest BCUT2D eigenvalue weighted by Gasteiger charge is 2.49. The fourth-order valence-electron chi connectivity index (χ4n) is 3.04. The summed E-state index contributed by atoms with van der Waals surface area (Å²) in [5.41, 5.74) is -0.435. The Labute approximate surface area is 149 Å². The summed E-state index contributed by atoms with van der Waals surface area (Å²) in [6.45, 7) is 5.47. The predicted molar refractivity (Wildman–Crippen MR) is 95.8 cm³/mol. The summed E-state index contributed by atoms with van der Waals surface area (Å²) in [5.74, 6) is -0.720. The van der Waals surface area contributed by atoms with Crippen molar-refractivity contribution in [2.45, 2.75) is 58.0 Å². The molecule has 1 heterocycles. The maximum Gasteiger partial charge on any atom is 0.325 e. The van der Waals surface area contributed by atoms with E-state index in [9.17, 15) is 14.4 Å². The van der Waals surface area contributed by atoms with Gasteiger partial charge >= 0.3 is 6.03 Å². The molecular weight excluding hydrogens is 318 g/mol. The smallest absolute Gasteiger partial charge is 0.325 e. The minimum Gasteiger partial charge on any atom is -0.352 e. The molecule has 0 bridgehead atoms. The van der Waals surface area contributed by atoms with Crippen LogP contribution in [-0.4, -0.2) is 35.3 Å². The van der Waals surface area contributed by atoms with Gasteiger partial charge in [-0.2, -0.15) is 0 Å². The SMILES string of the molecule is CCCCCC(C)NC(=O)CN1C(=O)NC(C)(c2ccccc2)C1=O. The molecule has 1 fully saturated rings. The largest absolute Gasteiger partial charge is 0.352 e. The van der Waals surface area contributed by atoms with Crippen LogP contribution in [0.1, 0.15) is 52.0 Å². The number of unbranched alkanes of at least 4 members (excludes halogenated alkanes) is 2. The van der Waals surface area contributed by atoms with Crippen LogP contribution in [0.5, 0.6) is 0 Å². The second kappa shape index (κ2) is 8.14. The summed E-state index contributed by atoms with van der Waals surface area (Å²) in [6.07, 6.45) is 4.19. The van der Waals surface area contributed by atoms with E-state index in [0.717, 1.165) is 30.6 Å². The van der Waals surface area contributed by atoms with Crippen LogP contribution in [0.3, 0.4) is 0 Å². The fourth-order valence-corrected chi connectivity index (χ4v) is 3.04. The van der Waals surface area contributed by atoms with E-state index in [4.69, 9.17) is 0 Å². The molecule has 0 aliphatic carbocycles. The van der Waals surface area contributed by atoms with Crippen molar-refractivity contribution in [1.82, 2.24) is 15.5 Å². The third-order valence-corrected chi connectivity index (χ3v) is 4.58. The van der Waals surface area contributed by atoms with Crippen LogP contribution in [-0.2, 0) is 15.1 Å². The first-order chi connectivity index (χ1) is 11.9. The Kier molecular flexibility index (Phi) is 6.17. The molecule has 2 atom stereocenters. The van der Waals surface area contributed by atoms with Crippen LogP contribution in [0.15, 0.2) is 30.3 Å². The minimum atomic E-state index is -1.13. The van der Waals surface area contributed by atoms with Crippen LogP contribution < -0.4 is 10.6 Å². The summed E-state index contributed by atoms with van der Waals surface area (Å²) in [7, 11) is 0. The number of urea groups is 1. The monoisotopic (exact) mass is 345 g/mol. The van der Waals surface area contributed by atoms with E-state index in [1.165, 1.54) is 0 Å². The van der Waals surface area contributed by atoms with E-state index in [1.54, 1.807) is 19.1 Å². The molecule has 0 spiro atoms. The summed E-state index contributed by atoms with van der Waals surface area (Å²) in [4.78, 5) is 38.1. The van der Waals surface area contributed by atoms with Crippen molar-refractivity contribution >= 4 is 17.8 Å². The molecule has 2 rings (SSSR count). The van der Waals surface area contributed by atoms with E-state index >= 15 is 0 Å². The predicted octanol–water partition coefficient (Wildman–Crippen LogP) is 2.54. The van der Waals surface area contributed by atoms with Crippen LogP contribution in [0, 0.1) is 0 Å². The van der Waals surface area contributed by atoms with Gasteiger partial charge in [0.1, 0.15) is 12.1 Å². The molecular formula is C19H27N3O3. The van der Waals surface area contributed by atoms with Gasteiger partial charge in [-0.15, -0.1) is 0 Å². The molecule has 1 aromatic rings. The molecule has 0 aromatic heterocycles. The number of imide groups is 1. The van der Waals surface area contributed by atoms with Crippen molar-refractivity contribution in [3.63, 3.8) is 0 Å². The second-order valence-electron chi connectivity index (χ2n) is 6.78. The highest BCUT2D eigenvalue weighted by Crippen LogP contribution is 2.28. The van der Waals surface area contributed by atoms with Crippen LogP contribution in [0.4, 0.5) is 4.79 Å². The Hall–Kier alpha value is -2.37. The van der Waals surface area contributed by atoms with Gasteiger partial charge in [0.2, 0.25) is 5.91 Å². The molecule has 2 N–H and O–H groups in total. The number of rotatable bonds is 8. The summed E-state index contributed by atoms with van der Waals surface area (Å²) in [5, 5.41) is 5.57. The van der Waals surface area contributed by atoms with Crippen molar-refractivity contribution in [1.29, 1.82) is 0 Å².